The summed E-state index contributed by atoms with van der Waals surface area (Å²) in [6.45, 7) is 5.76. The van der Waals surface area contributed by atoms with Crippen molar-refractivity contribution in [1.29, 1.82) is 0 Å². The minimum absolute atomic E-state index is 0.0721. The first-order valence-corrected chi connectivity index (χ1v) is 15.5. The van der Waals surface area contributed by atoms with Gasteiger partial charge in [-0.3, -0.25) is 13.9 Å². The monoisotopic (exact) mass is 611 g/mol. The van der Waals surface area contributed by atoms with Gasteiger partial charge < -0.3 is 24.4 Å². The van der Waals surface area contributed by atoms with Gasteiger partial charge in [0, 0.05) is 19.2 Å². The van der Waals surface area contributed by atoms with Crippen molar-refractivity contribution in [2.75, 3.05) is 38.7 Å². The van der Waals surface area contributed by atoms with Gasteiger partial charge in [-0.25, -0.2) is 8.42 Å². The van der Waals surface area contributed by atoms with E-state index in [-0.39, 0.29) is 29.0 Å². The van der Waals surface area contributed by atoms with Gasteiger partial charge in [0.05, 0.1) is 31.9 Å². The molecule has 0 aromatic heterocycles. The molecule has 10 nitrogen and oxygen atoms in total. The Hall–Kier alpha value is -4.25. The van der Waals surface area contributed by atoms with Crippen LogP contribution >= 0.6 is 0 Å². The number of anilines is 1. The summed E-state index contributed by atoms with van der Waals surface area (Å²) in [5, 5.41) is 2.93. The van der Waals surface area contributed by atoms with Crippen molar-refractivity contribution in [3.8, 4) is 17.2 Å². The molecule has 3 aromatic carbocycles. The quantitative estimate of drug-likeness (QED) is 0.269. The number of nitrogens with one attached hydrogen (secondary N) is 1. The van der Waals surface area contributed by atoms with Crippen LogP contribution in [0.1, 0.15) is 32.8 Å². The minimum Gasteiger partial charge on any atom is -0.497 e. The van der Waals surface area contributed by atoms with Gasteiger partial charge in [0.1, 0.15) is 18.3 Å². The minimum atomic E-state index is -4.27. The van der Waals surface area contributed by atoms with E-state index in [0.29, 0.717) is 30.2 Å². The number of carbonyl (C=O) groups excluding carboxylic acids is 2. The zero-order valence-electron chi connectivity index (χ0n) is 25.6. The number of ether oxygens (including phenoxy) is 3. The first-order chi connectivity index (χ1) is 20.5. The van der Waals surface area contributed by atoms with Crippen LogP contribution < -0.4 is 23.8 Å². The highest BCUT2D eigenvalue weighted by Gasteiger charge is 2.34. The second-order valence-electron chi connectivity index (χ2n) is 10.3. The lowest BCUT2D eigenvalue weighted by atomic mass is 10.1. The first-order valence-electron chi connectivity index (χ1n) is 14.1. The zero-order chi connectivity index (χ0) is 31.6. The van der Waals surface area contributed by atoms with Gasteiger partial charge in [0.2, 0.25) is 11.8 Å². The molecule has 0 aliphatic rings. The lowest BCUT2D eigenvalue weighted by Gasteiger charge is -2.33. The number of rotatable bonds is 15. The van der Waals surface area contributed by atoms with E-state index in [4.69, 9.17) is 14.2 Å². The Labute approximate surface area is 254 Å². The summed E-state index contributed by atoms with van der Waals surface area (Å²) >= 11 is 0. The smallest absolute Gasteiger partial charge is 0.264 e. The van der Waals surface area contributed by atoms with Gasteiger partial charge in [-0.05, 0) is 54.3 Å². The molecular weight excluding hydrogens is 570 g/mol. The van der Waals surface area contributed by atoms with E-state index in [1.807, 2.05) is 26.8 Å². The molecular formula is C32H41N3O7S. The first kappa shape index (κ1) is 33.3. The van der Waals surface area contributed by atoms with Crippen molar-refractivity contribution in [1.82, 2.24) is 10.2 Å². The molecule has 0 bridgehead atoms. The number of carbonyl (C=O) groups is 2. The van der Waals surface area contributed by atoms with Crippen LogP contribution in [0.4, 0.5) is 5.69 Å². The fraction of sp³-hybridized carbons (Fsp3) is 0.375. The van der Waals surface area contributed by atoms with Crippen LogP contribution in [0.25, 0.3) is 0 Å². The van der Waals surface area contributed by atoms with Crippen LogP contribution in [0.5, 0.6) is 17.2 Å². The third-order valence-electron chi connectivity index (χ3n) is 6.82. The molecule has 2 amide bonds. The highest BCUT2D eigenvalue weighted by Crippen LogP contribution is 2.32. The zero-order valence-corrected chi connectivity index (χ0v) is 26.4. The Morgan fingerprint density at radius 1 is 0.860 bits per heavy atom. The van der Waals surface area contributed by atoms with Gasteiger partial charge >= 0.3 is 0 Å². The largest absolute Gasteiger partial charge is 0.497 e. The van der Waals surface area contributed by atoms with Crippen molar-refractivity contribution in [3.05, 3.63) is 78.4 Å². The molecule has 3 aromatic rings. The van der Waals surface area contributed by atoms with Gasteiger partial charge in [-0.1, -0.05) is 51.1 Å². The second kappa shape index (κ2) is 15.3. The average molecular weight is 612 g/mol. The maximum absolute atomic E-state index is 14.2. The van der Waals surface area contributed by atoms with Crippen LogP contribution in [0, 0.1) is 5.92 Å². The average Bonchev–Trinajstić information content (AvgIpc) is 3.02. The van der Waals surface area contributed by atoms with Crippen molar-refractivity contribution in [3.63, 3.8) is 0 Å². The summed E-state index contributed by atoms with van der Waals surface area (Å²) in [5.41, 5.74) is 1.03. The summed E-state index contributed by atoms with van der Waals surface area (Å²) in [6, 6.07) is 19.0. The molecule has 0 saturated heterocycles. The maximum atomic E-state index is 14.2. The third-order valence-corrected chi connectivity index (χ3v) is 8.59. The van der Waals surface area contributed by atoms with E-state index < -0.39 is 28.5 Å². The molecule has 0 aliphatic carbocycles. The number of para-hydroxylation sites is 1. The molecule has 11 heteroatoms. The number of methoxy groups -OCH3 is 3. The van der Waals surface area contributed by atoms with Crippen LogP contribution in [0.15, 0.2) is 77.7 Å². The molecule has 0 saturated carbocycles. The molecule has 0 aliphatic heterocycles. The van der Waals surface area contributed by atoms with Gasteiger partial charge in [0.25, 0.3) is 10.0 Å². The van der Waals surface area contributed by atoms with Crippen LogP contribution in [0.3, 0.4) is 0 Å². The number of hydrogen-bond acceptors (Lipinski definition) is 7. The number of nitrogens with zero attached hydrogens (tertiary/aromatic N) is 2. The molecule has 0 fully saturated rings. The molecule has 0 unspecified atom stereocenters. The number of amides is 2. The van der Waals surface area contributed by atoms with Gasteiger partial charge in [-0.2, -0.15) is 0 Å². The maximum Gasteiger partial charge on any atom is 0.264 e. The van der Waals surface area contributed by atoms with Gasteiger partial charge in [0.15, 0.2) is 11.5 Å². The Kier molecular flexibility index (Phi) is 11.8. The summed E-state index contributed by atoms with van der Waals surface area (Å²) in [7, 11) is 0.153. The fourth-order valence-corrected chi connectivity index (χ4v) is 5.97. The lowest BCUT2D eigenvalue weighted by molar-refractivity contribution is -0.140. The van der Waals surface area contributed by atoms with E-state index in [9.17, 15) is 18.0 Å². The van der Waals surface area contributed by atoms with E-state index in [0.717, 1.165) is 9.87 Å². The highest BCUT2D eigenvalue weighted by atomic mass is 32.2. The number of benzene rings is 3. The SMILES string of the molecule is CC[C@@H](C(=O)NCC(C)C)N(Cc1cccc(OC)c1)C(=O)CN(c1ccccc1)S(=O)(=O)c1ccc(OC)c(OC)c1. The normalized spacial score (nSPS) is 11.9. The van der Waals surface area contributed by atoms with Crippen LogP contribution in [0.2, 0.25) is 0 Å². The van der Waals surface area contributed by atoms with Crippen molar-refractivity contribution < 1.29 is 32.2 Å². The van der Waals surface area contributed by atoms with E-state index in [2.05, 4.69) is 5.32 Å². The predicted octanol–water partition coefficient (Wildman–Crippen LogP) is 4.49. The lowest BCUT2D eigenvalue weighted by Crippen LogP contribution is -2.52. The summed E-state index contributed by atoms with van der Waals surface area (Å²) in [6.07, 6.45) is 0.327. The Morgan fingerprint density at radius 3 is 2.16 bits per heavy atom. The Balaban J connectivity index is 2.07. The van der Waals surface area contributed by atoms with Crippen molar-refractivity contribution >= 4 is 27.5 Å². The standard InChI is InChI=1S/C32H41N3O7S/c1-7-28(32(37)33-20-23(2)3)34(21-24-12-11-15-26(18-24)40-4)31(36)22-35(25-13-9-8-10-14-25)43(38,39)27-16-17-29(41-5)30(19-27)42-6/h8-19,23,28H,7,20-22H2,1-6H3,(H,33,37)/t28-/m0/s1. The number of hydrogen-bond donors (Lipinski definition) is 1. The molecule has 1 atom stereocenters. The Bertz CT molecular complexity index is 1480. The number of sulfonamides is 1. The molecule has 0 heterocycles. The van der Waals surface area contributed by atoms with Crippen molar-refractivity contribution in [2.24, 2.45) is 5.92 Å². The van der Waals surface area contributed by atoms with Gasteiger partial charge in [-0.15, -0.1) is 0 Å². The summed E-state index contributed by atoms with van der Waals surface area (Å²) < 4.78 is 45.2. The predicted molar refractivity (Wildman–Crippen MR) is 166 cm³/mol. The van der Waals surface area contributed by atoms with E-state index >= 15 is 0 Å². The molecule has 1 N–H and O–H groups in total. The molecule has 3 rings (SSSR count). The molecule has 0 radical (unpaired) electrons. The van der Waals surface area contributed by atoms with Crippen LogP contribution in [-0.2, 0) is 26.2 Å². The molecule has 0 spiro atoms. The summed E-state index contributed by atoms with van der Waals surface area (Å²) in [4.78, 5) is 28.9. The Morgan fingerprint density at radius 2 is 1.56 bits per heavy atom. The second-order valence-corrected chi connectivity index (χ2v) is 12.2. The van der Waals surface area contributed by atoms with Crippen molar-refractivity contribution in [2.45, 2.75) is 44.7 Å². The fourth-order valence-electron chi connectivity index (χ4n) is 4.54. The third kappa shape index (κ3) is 8.41. The summed E-state index contributed by atoms with van der Waals surface area (Å²) in [5.74, 6) is 0.568. The molecule has 232 valence electrons. The van der Waals surface area contributed by atoms with E-state index in [1.54, 1.807) is 55.6 Å². The topological polar surface area (TPSA) is 114 Å². The highest BCUT2D eigenvalue weighted by molar-refractivity contribution is 7.92. The van der Waals surface area contributed by atoms with Crippen LogP contribution in [-0.4, -0.2) is 65.6 Å². The molecule has 43 heavy (non-hydrogen) atoms. The van der Waals surface area contributed by atoms with E-state index in [1.165, 1.54) is 37.3 Å².